The van der Waals surface area contributed by atoms with E-state index in [9.17, 15) is 10.1 Å². The van der Waals surface area contributed by atoms with Gasteiger partial charge in [-0.15, -0.1) is 0 Å². The number of nitro benzene ring substituents is 1. The Labute approximate surface area is 122 Å². The number of aryl methyl sites for hydroxylation is 1. The minimum Gasteiger partial charge on any atom is -0.487 e. The zero-order valence-electron chi connectivity index (χ0n) is 12.1. The lowest BCUT2D eigenvalue weighted by molar-refractivity contribution is -0.385. The largest absolute Gasteiger partial charge is 0.487 e. The summed E-state index contributed by atoms with van der Waals surface area (Å²) in [6, 6.07) is 6.76. The molecule has 7 nitrogen and oxygen atoms in total. The number of benzene rings is 1. The Bertz CT molecular complexity index is 624. The van der Waals surface area contributed by atoms with E-state index in [1.54, 1.807) is 25.3 Å². The average molecular weight is 290 g/mol. The van der Waals surface area contributed by atoms with Gasteiger partial charge in [0.2, 0.25) is 0 Å². The van der Waals surface area contributed by atoms with E-state index in [1.807, 2.05) is 17.8 Å². The van der Waals surface area contributed by atoms with Gasteiger partial charge in [-0.2, -0.15) is 5.10 Å². The maximum Gasteiger partial charge on any atom is 0.311 e. The predicted molar refractivity (Wildman–Crippen MR) is 79.7 cm³/mol. The maximum absolute atomic E-state index is 10.9. The van der Waals surface area contributed by atoms with Crippen LogP contribution in [0.1, 0.15) is 12.6 Å². The highest BCUT2D eigenvalue weighted by atomic mass is 16.6. The molecule has 1 heterocycles. The summed E-state index contributed by atoms with van der Waals surface area (Å²) in [6.45, 7) is 2.90. The van der Waals surface area contributed by atoms with Crippen LogP contribution in [0.4, 0.5) is 11.4 Å². The highest BCUT2D eigenvalue weighted by Crippen LogP contribution is 2.30. The second-order valence-electron chi connectivity index (χ2n) is 4.50. The smallest absolute Gasteiger partial charge is 0.311 e. The van der Waals surface area contributed by atoms with Crippen LogP contribution in [0.3, 0.4) is 0 Å². The third kappa shape index (κ3) is 3.71. The van der Waals surface area contributed by atoms with Crippen LogP contribution in [0.5, 0.6) is 5.75 Å². The van der Waals surface area contributed by atoms with Gasteiger partial charge in [0.05, 0.1) is 11.5 Å². The molecule has 0 aliphatic carbocycles. The van der Waals surface area contributed by atoms with E-state index in [4.69, 9.17) is 4.74 Å². The van der Waals surface area contributed by atoms with E-state index in [1.165, 1.54) is 6.07 Å². The normalized spacial score (nSPS) is 10.4. The van der Waals surface area contributed by atoms with Gasteiger partial charge in [0.25, 0.3) is 0 Å². The molecule has 2 rings (SSSR count). The lowest BCUT2D eigenvalue weighted by Crippen LogP contribution is -2.08. The van der Waals surface area contributed by atoms with Crippen molar-refractivity contribution < 1.29 is 9.66 Å². The number of rotatable bonds is 7. The second-order valence-corrected chi connectivity index (χ2v) is 4.50. The molecule has 0 aliphatic heterocycles. The van der Waals surface area contributed by atoms with Crippen molar-refractivity contribution in [3.8, 4) is 5.75 Å². The Kier molecular flexibility index (Phi) is 4.76. The fourth-order valence-electron chi connectivity index (χ4n) is 2.03. The van der Waals surface area contributed by atoms with Crippen molar-refractivity contribution >= 4 is 11.4 Å². The molecule has 2 aromatic rings. The second kappa shape index (κ2) is 6.74. The SMILES string of the molecule is CCOc1cc(NCCc2ccnn2C)ccc1[N+](=O)[O-]. The molecule has 0 spiro atoms. The van der Waals surface area contributed by atoms with Crippen molar-refractivity contribution in [3.05, 3.63) is 46.3 Å². The van der Waals surface area contributed by atoms with Gasteiger partial charge in [-0.3, -0.25) is 14.8 Å². The van der Waals surface area contributed by atoms with Crippen molar-refractivity contribution in [1.82, 2.24) is 9.78 Å². The Morgan fingerprint density at radius 1 is 1.43 bits per heavy atom. The summed E-state index contributed by atoms with van der Waals surface area (Å²) >= 11 is 0. The predicted octanol–water partition coefficient (Wildman–Crippen LogP) is 2.38. The number of nitro groups is 1. The monoisotopic (exact) mass is 290 g/mol. The molecule has 0 bridgehead atoms. The van der Waals surface area contributed by atoms with Crippen LogP contribution in [0.2, 0.25) is 0 Å². The summed E-state index contributed by atoms with van der Waals surface area (Å²) in [5.74, 6) is 0.285. The van der Waals surface area contributed by atoms with E-state index < -0.39 is 4.92 Å². The van der Waals surface area contributed by atoms with Crippen LogP contribution in [0.25, 0.3) is 0 Å². The lowest BCUT2D eigenvalue weighted by Gasteiger charge is -2.09. The van der Waals surface area contributed by atoms with Gasteiger partial charge in [0, 0.05) is 49.7 Å². The number of nitrogens with one attached hydrogen (secondary N) is 1. The molecule has 7 heteroatoms. The fraction of sp³-hybridized carbons (Fsp3) is 0.357. The Hall–Kier alpha value is -2.57. The van der Waals surface area contributed by atoms with Gasteiger partial charge in [-0.1, -0.05) is 0 Å². The fourth-order valence-corrected chi connectivity index (χ4v) is 2.03. The van der Waals surface area contributed by atoms with Crippen LogP contribution in [0, 0.1) is 10.1 Å². The highest BCUT2D eigenvalue weighted by molar-refractivity contribution is 5.58. The molecule has 1 N–H and O–H groups in total. The molecule has 0 saturated carbocycles. The number of hydrogen-bond donors (Lipinski definition) is 1. The first kappa shape index (κ1) is 14.8. The van der Waals surface area contributed by atoms with Crippen molar-refractivity contribution in [2.45, 2.75) is 13.3 Å². The van der Waals surface area contributed by atoms with Crippen molar-refractivity contribution in [2.24, 2.45) is 7.05 Å². The molecular weight excluding hydrogens is 272 g/mol. The molecule has 0 saturated heterocycles. The van der Waals surface area contributed by atoms with Crippen LogP contribution in [-0.4, -0.2) is 27.9 Å². The molecule has 0 atom stereocenters. The zero-order chi connectivity index (χ0) is 15.2. The van der Waals surface area contributed by atoms with Gasteiger partial charge < -0.3 is 10.1 Å². The third-order valence-electron chi connectivity index (χ3n) is 3.09. The minimum absolute atomic E-state index is 0.0194. The molecule has 0 unspecified atom stereocenters. The van der Waals surface area contributed by atoms with Gasteiger partial charge in [-0.05, 0) is 19.1 Å². The maximum atomic E-state index is 10.9. The van der Waals surface area contributed by atoms with Gasteiger partial charge >= 0.3 is 5.69 Å². The number of aromatic nitrogens is 2. The first-order valence-corrected chi connectivity index (χ1v) is 6.73. The van der Waals surface area contributed by atoms with Crippen LogP contribution < -0.4 is 10.1 Å². The van der Waals surface area contributed by atoms with Gasteiger partial charge in [-0.25, -0.2) is 0 Å². The highest BCUT2D eigenvalue weighted by Gasteiger charge is 2.15. The van der Waals surface area contributed by atoms with Crippen LogP contribution in [0.15, 0.2) is 30.5 Å². The summed E-state index contributed by atoms with van der Waals surface area (Å²) in [5.41, 5.74) is 1.90. The molecule has 0 amide bonds. The van der Waals surface area contributed by atoms with Gasteiger partial charge in [0.15, 0.2) is 5.75 Å². The van der Waals surface area contributed by atoms with Gasteiger partial charge in [0.1, 0.15) is 0 Å². The number of anilines is 1. The molecule has 112 valence electrons. The molecular formula is C14H18N4O3. The summed E-state index contributed by atoms with van der Waals surface area (Å²) in [5, 5.41) is 18.2. The first-order chi connectivity index (χ1) is 10.1. The quantitative estimate of drug-likeness (QED) is 0.625. The summed E-state index contributed by atoms with van der Waals surface area (Å²) in [4.78, 5) is 10.5. The first-order valence-electron chi connectivity index (χ1n) is 6.73. The molecule has 0 aliphatic rings. The van der Waals surface area contributed by atoms with E-state index in [0.29, 0.717) is 13.2 Å². The Balaban J connectivity index is 2.01. The van der Waals surface area contributed by atoms with E-state index in [0.717, 1.165) is 17.8 Å². The van der Waals surface area contributed by atoms with Crippen LogP contribution >= 0.6 is 0 Å². The minimum atomic E-state index is -0.440. The average Bonchev–Trinajstić information content (AvgIpc) is 2.85. The number of ether oxygens (including phenoxy) is 1. The molecule has 0 radical (unpaired) electrons. The zero-order valence-corrected chi connectivity index (χ0v) is 12.1. The molecule has 0 fully saturated rings. The third-order valence-corrected chi connectivity index (χ3v) is 3.09. The van der Waals surface area contributed by atoms with E-state index >= 15 is 0 Å². The van der Waals surface area contributed by atoms with E-state index in [-0.39, 0.29) is 11.4 Å². The van der Waals surface area contributed by atoms with Crippen molar-refractivity contribution in [3.63, 3.8) is 0 Å². The van der Waals surface area contributed by atoms with Crippen molar-refractivity contribution in [1.29, 1.82) is 0 Å². The van der Waals surface area contributed by atoms with Crippen molar-refractivity contribution in [2.75, 3.05) is 18.5 Å². The summed E-state index contributed by atoms with van der Waals surface area (Å²) < 4.78 is 7.14. The number of nitrogens with zero attached hydrogens (tertiary/aromatic N) is 3. The Morgan fingerprint density at radius 3 is 2.86 bits per heavy atom. The molecule has 1 aromatic heterocycles. The van der Waals surface area contributed by atoms with E-state index in [2.05, 4.69) is 10.4 Å². The summed E-state index contributed by atoms with van der Waals surface area (Å²) in [6.07, 6.45) is 2.58. The molecule has 21 heavy (non-hydrogen) atoms. The molecule has 1 aromatic carbocycles. The standard InChI is InChI=1S/C14H18N4O3/c1-3-21-14-10-11(4-5-13(14)18(19)20)15-8-6-12-7-9-16-17(12)2/h4-5,7,9-10,15H,3,6,8H2,1-2H3. The number of hydrogen-bond acceptors (Lipinski definition) is 5. The van der Waals surface area contributed by atoms with Crippen LogP contribution in [-0.2, 0) is 13.5 Å². The summed E-state index contributed by atoms with van der Waals surface area (Å²) in [7, 11) is 1.90. The Morgan fingerprint density at radius 2 is 2.24 bits per heavy atom. The topological polar surface area (TPSA) is 82.2 Å². The lowest BCUT2D eigenvalue weighted by atomic mass is 10.2.